The summed E-state index contributed by atoms with van der Waals surface area (Å²) in [5.41, 5.74) is 1.29. The lowest BCUT2D eigenvalue weighted by molar-refractivity contribution is -0.119. The van der Waals surface area contributed by atoms with Gasteiger partial charge in [-0.3, -0.25) is 4.79 Å². The van der Waals surface area contributed by atoms with E-state index in [2.05, 4.69) is 36.5 Å². The Morgan fingerprint density at radius 1 is 1.40 bits per heavy atom. The molecule has 1 amide bonds. The highest BCUT2D eigenvalue weighted by atomic mass is 32.2. The molecule has 1 saturated heterocycles. The second-order valence-corrected chi connectivity index (χ2v) is 5.02. The number of aryl methyl sites for hydroxylation is 1. The van der Waals surface area contributed by atoms with Gasteiger partial charge in [-0.2, -0.15) is 0 Å². The van der Waals surface area contributed by atoms with Gasteiger partial charge in [0.2, 0.25) is 5.91 Å². The van der Waals surface area contributed by atoms with Crippen LogP contribution in [0.2, 0.25) is 0 Å². The van der Waals surface area contributed by atoms with Gasteiger partial charge in [0, 0.05) is 23.1 Å². The van der Waals surface area contributed by atoms with E-state index >= 15 is 0 Å². The van der Waals surface area contributed by atoms with Crippen molar-refractivity contribution >= 4 is 17.7 Å². The Morgan fingerprint density at radius 3 is 2.73 bits per heavy atom. The van der Waals surface area contributed by atoms with E-state index in [9.17, 15) is 4.79 Å². The molecule has 0 spiro atoms. The molecule has 1 unspecified atom stereocenters. The summed E-state index contributed by atoms with van der Waals surface area (Å²) in [5, 5.41) is 2.98. The van der Waals surface area contributed by atoms with Crippen LogP contribution in [0.5, 0.6) is 0 Å². The quantitative estimate of drug-likeness (QED) is 0.794. The topological polar surface area (TPSA) is 29.1 Å². The zero-order valence-corrected chi connectivity index (χ0v) is 9.64. The van der Waals surface area contributed by atoms with Gasteiger partial charge in [-0.1, -0.05) is 17.7 Å². The average molecular weight is 221 g/mol. The number of benzene rings is 1. The molecule has 0 radical (unpaired) electrons. The Hall–Kier alpha value is -0.960. The first kappa shape index (κ1) is 10.6. The van der Waals surface area contributed by atoms with Crippen LogP contribution in [0.1, 0.15) is 18.4 Å². The maximum atomic E-state index is 11.0. The number of carbonyl (C=O) groups excluding carboxylic acids is 1. The third-order valence-corrected chi connectivity index (χ3v) is 3.73. The van der Waals surface area contributed by atoms with Gasteiger partial charge in [-0.05, 0) is 25.5 Å². The predicted molar refractivity (Wildman–Crippen MR) is 63.1 cm³/mol. The van der Waals surface area contributed by atoms with Gasteiger partial charge >= 0.3 is 0 Å². The van der Waals surface area contributed by atoms with Crippen molar-refractivity contribution in [1.82, 2.24) is 5.32 Å². The molecule has 1 aliphatic heterocycles. The second-order valence-electron chi connectivity index (χ2n) is 3.93. The minimum absolute atomic E-state index is 0.199. The van der Waals surface area contributed by atoms with Crippen LogP contribution in [0.3, 0.4) is 0 Å². The van der Waals surface area contributed by atoms with Crippen molar-refractivity contribution in [1.29, 1.82) is 0 Å². The van der Waals surface area contributed by atoms with E-state index in [1.807, 2.05) is 11.8 Å². The first-order valence-corrected chi connectivity index (χ1v) is 6.21. The van der Waals surface area contributed by atoms with Gasteiger partial charge in [0.15, 0.2) is 0 Å². The number of nitrogens with one attached hydrogen (secondary N) is 1. The number of rotatable bonds is 3. The molecular formula is C12H15NOS. The van der Waals surface area contributed by atoms with E-state index in [-0.39, 0.29) is 5.91 Å². The molecule has 15 heavy (non-hydrogen) atoms. The maximum Gasteiger partial charge on any atom is 0.220 e. The van der Waals surface area contributed by atoms with Gasteiger partial charge < -0.3 is 5.32 Å². The zero-order valence-electron chi connectivity index (χ0n) is 8.82. The predicted octanol–water partition coefficient (Wildman–Crippen LogP) is 2.37. The van der Waals surface area contributed by atoms with Gasteiger partial charge in [-0.15, -0.1) is 11.8 Å². The monoisotopic (exact) mass is 221 g/mol. The molecule has 0 bridgehead atoms. The number of carbonyl (C=O) groups is 1. The normalized spacial score (nSPS) is 20.3. The third-order valence-electron chi connectivity index (χ3n) is 2.56. The molecule has 2 rings (SSSR count). The maximum absolute atomic E-state index is 11.0. The summed E-state index contributed by atoms with van der Waals surface area (Å²) < 4.78 is 0. The fraction of sp³-hybridized carbons (Fsp3) is 0.417. The minimum atomic E-state index is 0.199. The van der Waals surface area contributed by atoms with Gasteiger partial charge in [0.05, 0.1) is 0 Å². The van der Waals surface area contributed by atoms with Crippen LogP contribution < -0.4 is 5.32 Å². The van der Waals surface area contributed by atoms with E-state index in [0.717, 1.165) is 12.2 Å². The Morgan fingerprint density at radius 2 is 2.13 bits per heavy atom. The lowest BCUT2D eigenvalue weighted by atomic mass is 10.2. The summed E-state index contributed by atoms with van der Waals surface area (Å²) in [6.45, 7) is 2.09. The van der Waals surface area contributed by atoms with Crippen LogP contribution in [-0.2, 0) is 4.79 Å². The van der Waals surface area contributed by atoms with E-state index in [1.54, 1.807) is 0 Å². The van der Waals surface area contributed by atoms with Crippen molar-refractivity contribution in [2.45, 2.75) is 30.7 Å². The van der Waals surface area contributed by atoms with Gasteiger partial charge in [0.1, 0.15) is 0 Å². The number of amides is 1. The highest BCUT2D eigenvalue weighted by molar-refractivity contribution is 7.99. The van der Waals surface area contributed by atoms with Crippen molar-refractivity contribution in [3.63, 3.8) is 0 Å². The summed E-state index contributed by atoms with van der Waals surface area (Å²) in [6, 6.07) is 8.88. The van der Waals surface area contributed by atoms with Gasteiger partial charge in [-0.25, -0.2) is 0 Å². The smallest absolute Gasteiger partial charge is 0.220 e. The lowest BCUT2D eigenvalue weighted by Gasteiger charge is -2.09. The lowest BCUT2D eigenvalue weighted by Crippen LogP contribution is -2.27. The largest absolute Gasteiger partial charge is 0.353 e. The second kappa shape index (κ2) is 4.71. The molecule has 1 heterocycles. The molecule has 0 aliphatic carbocycles. The number of hydrogen-bond acceptors (Lipinski definition) is 2. The van der Waals surface area contributed by atoms with Crippen LogP contribution in [-0.4, -0.2) is 17.7 Å². The minimum Gasteiger partial charge on any atom is -0.353 e. The fourth-order valence-corrected chi connectivity index (χ4v) is 2.61. The van der Waals surface area contributed by atoms with Crippen molar-refractivity contribution in [3.05, 3.63) is 29.8 Å². The van der Waals surface area contributed by atoms with Crippen molar-refractivity contribution in [2.75, 3.05) is 5.75 Å². The summed E-state index contributed by atoms with van der Waals surface area (Å²) in [6.07, 6.45) is 1.68. The highest BCUT2D eigenvalue weighted by Gasteiger charge is 2.20. The highest BCUT2D eigenvalue weighted by Crippen LogP contribution is 2.21. The van der Waals surface area contributed by atoms with Crippen LogP contribution in [0.4, 0.5) is 0 Å². The summed E-state index contributed by atoms with van der Waals surface area (Å²) in [7, 11) is 0. The van der Waals surface area contributed by atoms with E-state index in [1.165, 1.54) is 10.5 Å². The van der Waals surface area contributed by atoms with Crippen LogP contribution in [0, 0.1) is 6.92 Å². The summed E-state index contributed by atoms with van der Waals surface area (Å²) in [4.78, 5) is 12.3. The van der Waals surface area contributed by atoms with Crippen LogP contribution >= 0.6 is 11.8 Å². The summed E-state index contributed by atoms with van der Waals surface area (Å²) >= 11 is 1.81. The van der Waals surface area contributed by atoms with Crippen molar-refractivity contribution < 1.29 is 4.79 Å². The number of hydrogen-bond donors (Lipinski definition) is 1. The van der Waals surface area contributed by atoms with E-state index < -0.39 is 0 Å². The molecule has 3 heteroatoms. The molecule has 1 N–H and O–H groups in total. The fourth-order valence-electron chi connectivity index (χ4n) is 1.63. The van der Waals surface area contributed by atoms with Crippen LogP contribution in [0.25, 0.3) is 0 Å². The Labute approximate surface area is 94.4 Å². The Balaban J connectivity index is 1.83. The zero-order chi connectivity index (χ0) is 10.7. The van der Waals surface area contributed by atoms with E-state index in [4.69, 9.17) is 0 Å². The average Bonchev–Trinajstić information content (AvgIpc) is 2.64. The molecular weight excluding hydrogens is 206 g/mol. The molecule has 1 aromatic rings. The standard InChI is InChI=1S/C12H15NOS/c1-9-2-5-11(6-3-9)15-8-10-4-7-12(14)13-10/h2-3,5-6,10H,4,7-8H2,1H3,(H,13,14). The molecule has 1 aromatic carbocycles. The first-order valence-electron chi connectivity index (χ1n) is 5.23. The molecule has 1 aliphatic rings. The van der Waals surface area contributed by atoms with Crippen molar-refractivity contribution in [3.8, 4) is 0 Å². The third kappa shape index (κ3) is 2.99. The summed E-state index contributed by atoms with van der Waals surface area (Å²) in [5.74, 6) is 1.18. The molecule has 1 fully saturated rings. The Bertz CT molecular complexity index is 347. The molecule has 2 nitrogen and oxygen atoms in total. The van der Waals surface area contributed by atoms with Gasteiger partial charge in [0.25, 0.3) is 0 Å². The molecule has 1 atom stereocenters. The molecule has 0 aromatic heterocycles. The number of thioether (sulfide) groups is 1. The molecule has 80 valence electrons. The van der Waals surface area contributed by atoms with Crippen molar-refractivity contribution in [2.24, 2.45) is 0 Å². The first-order chi connectivity index (χ1) is 7.24. The molecule has 0 saturated carbocycles. The Kier molecular flexibility index (Phi) is 3.31. The SMILES string of the molecule is Cc1ccc(SCC2CCC(=O)N2)cc1. The van der Waals surface area contributed by atoms with Crippen LogP contribution in [0.15, 0.2) is 29.2 Å². The van der Waals surface area contributed by atoms with E-state index in [0.29, 0.717) is 12.5 Å².